The van der Waals surface area contributed by atoms with E-state index in [1.807, 2.05) is 18.2 Å². The van der Waals surface area contributed by atoms with Gasteiger partial charge in [0.25, 0.3) is 6.39 Å². The second-order valence-electron chi connectivity index (χ2n) is 3.56. The van der Waals surface area contributed by atoms with Crippen molar-refractivity contribution in [2.45, 2.75) is 6.10 Å². The van der Waals surface area contributed by atoms with E-state index in [1.54, 1.807) is 0 Å². The third kappa shape index (κ3) is 1.52. The molecular formula is C11H11N2O2. The summed E-state index contributed by atoms with van der Waals surface area (Å²) in [5.41, 5.74) is 2.69. The number of nitrogens with zero attached hydrogens (tertiary/aromatic N) is 1. The zero-order valence-electron chi connectivity index (χ0n) is 8.19. The van der Waals surface area contributed by atoms with Gasteiger partial charge in [0.05, 0.1) is 12.7 Å². The molecule has 0 spiro atoms. The Morgan fingerprint density at radius 3 is 3.33 bits per heavy atom. The largest absolute Gasteiger partial charge is 0.432 e. The van der Waals surface area contributed by atoms with Crippen molar-refractivity contribution < 1.29 is 9.15 Å². The first-order valence-corrected chi connectivity index (χ1v) is 5.03. The molecule has 4 heteroatoms. The van der Waals surface area contributed by atoms with E-state index in [0.29, 0.717) is 0 Å². The maximum Gasteiger partial charge on any atom is 0.284 e. The van der Waals surface area contributed by atoms with Crippen LogP contribution in [0.3, 0.4) is 0 Å². The number of aromatic nitrogens is 1. The summed E-state index contributed by atoms with van der Waals surface area (Å²) in [6.45, 7) is 2.48. The fraction of sp³-hybridized carbons (Fsp3) is 0.364. The van der Waals surface area contributed by atoms with Gasteiger partial charge in [0.15, 0.2) is 5.58 Å². The Hall–Kier alpha value is -1.39. The van der Waals surface area contributed by atoms with Crippen LogP contribution in [0.5, 0.6) is 0 Å². The number of hydrogen-bond donors (Lipinski definition) is 1. The van der Waals surface area contributed by atoms with E-state index in [9.17, 15) is 0 Å². The van der Waals surface area contributed by atoms with Gasteiger partial charge in [0.1, 0.15) is 5.52 Å². The number of oxazole rings is 1. The lowest BCUT2D eigenvalue weighted by Crippen LogP contribution is -2.33. The van der Waals surface area contributed by atoms with Crippen LogP contribution in [0.25, 0.3) is 11.1 Å². The average molecular weight is 203 g/mol. The minimum atomic E-state index is 0.0703. The molecule has 1 aromatic heterocycles. The third-order valence-corrected chi connectivity index (χ3v) is 2.62. The topological polar surface area (TPSA) is 47.3 Å². The lowest BCUT2D eigenvalue weighted by molar-refractivity contribution is 0.0285. The molecule has 1 unspecified atom stereocenters. The maximum absolute atomic E-state index is 5.68. The Morgan fingerprint density at radius 1 is 1.47 bits per heavy atom. The Balaban J connectivity index is 2.05. The third-order valence-electron chi connectivity index (χ3n) is 2.62. The van der Waals surface area contributed by atoms with Crippen molar-refractivity contribution >= 4 is 11.1 Å². The summed E-state index contributed by atoms with van der Waals surface area (Å²) in [4.78, 5) is 4.09. The number of rotatable bonds is 1. The molecule has 1 aromatic carbocycles. The van der Waals surface area contributed by atoms with Gasteiger partial charge in [-0.05, 0) is 6.07 Å². The average Bonchev–Trinajstić information content (AvgIpc) is 2.78. The fourth-order valence-corrected chi connectivity index (χ4v) is 1.88. The van der Waals surface area contributed by atoms with E-state index in [1.165, 1.54) is 0 Å². The van der Waals surface area contributed by atoms with Crippen LogP contribution in [0.1, 0.15) is 11.7 Å². The van der Waals surface area contributed by atoms with Gasteiger partial charge in [-0.15, -0.1) is 0 Å². The molecule has 1 aliphatic heterocycles. The van der Waals surface area contributed by atoms with Gasteiger partial charge < -0.3 is 14.5 Å². The molecule has 15 heavy (non-hydrogen) atoms. The zero-order chi connectivity index (χ0) is 10.1. The van der Waals surface area contributed by atoms with Gasteiger partial charge in [-0.2, -0.15) is 0 Å². The van der Waals surface area contributed by atoms with Crippen molar-refractivity contribution in [3.63, 3.8) is 0 Å². The summed E-state index contributed by atoms with van der Waals surface area (Å²) in [6.07, 6.45) is 2.59. The molecule has 0 saturated carbocycles. The monoisotopic (exact) mass is 203 g/mol. The van der Waals surface area contributed by atoms with Crippen LogP contribution in [0.4, 0.5) is 0 Å². The molecule has 2 aromatic rings. The van der Waals surface area contributed by atoms with Crippen molar-refractivity contribution in [3.05, 3.63) is 30.2 Å². The molecule has 3 rings (SSSR count). The predicted molar refractivity (Wildman–Crippen MR) is 54.4 cm³/mol. The first kappa shape index (κ1) is 8.88. The highest BCUT2D eigenvalue weighted by Gasteiger charge is 2.19. The van der Waals surface area contributed by atoms with E-state index < -0.39 is 0 Å². The molecule has 1 fully saturated rings. The number of benzene rings is 1. The lowest BCUT2D eigenvalue weighted by atomic mass is 10.1. The summed E-state index contributed by atoms with van der Waals surface area (Å²) in [6, 6.07) is 5.86. The summed E-state index contributed by atoms with van der Waals surface area (Å²) < 4.78 is 10.8. The van der Waals surface area contributed by atoms with E-state index in [4.69, 9.17) is 9.15 Å². The summed E-state index contributed by atoms with van der Waals surface area (Å²) >= 11 is 0. The van der Waals surface area contributed by atoms with Crippen LogP contribution in [0.2, 0.25) is 0 Å². The molecule has 1 aliphatic rings. The Bertz CT molecular complexity index is 460. The van der Waals surface area contributed by atoms with E-state index >= 15 is 0 Å². The Morgan fingerprint density at radius 2 is 2.47 bits per heavy atom. The van der Waals surface area contributed by atoms with E-state index in [0.717, 1.165) is 36.4 Å². The van der Waals surface area contributed by atoms with Crippen molar-refractivity contribution in [2.24, 2.45) is 0 Å². The van der Waals surface area contributed by atoms with Crippen molar-refractivity contribution in [1.82, 2.24) is 10.3 Å². The van der Waals surface area contributed by atoms with Crippen LogP contribution in [0.15, 0.2) is 22.6 Å². The van der Waals surface area contributed by atoms with Gasteiger partial charge in [-0.25, -0.2) is 4.98 Å². The summed E-state index contributed by atoms with van der Waals surface area (Å²) in [5.74, 6) is 0. The van der Waals surface area contributed by atoms with Gasteiger partial charge in [-0.3, -0.25) is 0 Å². The first-order valence-electron chi connectivity index (χ1n) is 5.03. The van der Waals surface area contributed by atoms with Crippen LogP contribution in [-0.2, 0) is 4.74 Å². The van der Waals surface area contributed by atoms with Crippen LogP contribution in [-0.4, -0.2) is 24.7 Å². The van der Waals surface area contributed by atoms with Crippen molar-refractivity contribution in [1.29, 1.82) is 0 Å². The highest BCUT2D eigenvalue weighted by molar-refractivity contribution is 5.76. The molecule has 77 valence electrons. The molecule has 0 bridgehead atoms. The van der Waals surface area contributed by atoms with Gasteiger partial charge in [0.2, 0.25) is 0 Å². The quantitative estimate of drug-likeness (QED) is 0.758. The molecule has 1 N–H and O–H groups in total. The van der Waals surface area contributed by atoms with E-state index in [2.05, 4.69) is 16.7 Å². The molecule has 1 atom stereocenters. The number of para-hydroxylation sites is 1. The highest BCUT2D eigenvalue weighted by atomic mass is 16.5. The normalized spacial score (nSPS) is 22.0. The van der Waals surface area contributed by atoms with Crippen LogP contribution in [0, 0.1) is 6.39 Å². The standard InChI is InChI=1S/C11H11N2O2/c1-2-8(10-6-12-4-5-14-10)11-9(3-1)15-7-13-11/h1-3,10,12H,4-6H2. The van der Waals surface area contributed by atoms with Gasteiger partial charge in [-0.1, -0.05) is 12.1 Å². The molecular weight excluding hydrogens is 192 g/mol. The molecule has 1 saturated heterocycles. The number of morpholine rings is 1. The van der Waals surface area contributed by atoms with Gasteiger partial charge in [0, 0.05) is 18.7 Å². The highest BCUT2D eigenvalue weighted by Crippen LogP contribution is 2.25. The molecule has 0 amide bonds. The van der Waals surface area contributed by atoms with Gasteiger partial charge >= 0.3 is 0 Å². The molecule has 4 nitrogen and oxygen atoms in total. The molecule has 0 aliphatic carbocycles. The van der Waals surface area contributed by atoms with Crippen molar-refractivity contribution in [3.8, 4) is 0 Å². The minimum absolute atomic E-state index is 0.0703. The number of fused-ring (bicyclic) bond motifs is 1. The lowest BCUT2D eigenvalue weighted by Gasteiger charge is -2.23. The van der Waals surface area contributed by atoms with Crippen LogP contribution >= 0.6 is 0 Å². The number of nitrogens with one attached hydrogen (secondary N) is 1. The summed E-state index contributed by atoms with van der Waals surface area (Å²) in [5, 5.41) is 3.30. The second-order valence-corrected chi connectivity index (χ2v) is 3.56. The number of ether oxygens (including phenoxy) is 1. The van der Waals surface area contributed by atoms with E-state index in [-0.39, 0.29) is 6.10 Å². The SMILES string of the molecule is [c]1nc2c(C3CNCCO3)cccc2o1. The fourth-order valence-electron chi connectivity index (χ4n) is 1.88. The number of hydrogen-bond acceptors (Lipinski definition) is 4. The van der Waals surface area contributed by atoms with Crippen LogP contribution < -0.4 is 5.32 Å². The zero-order valence-corrected chi connectivity index (χ0v) is 8.19. The second kappa shape index (κ2) is 3.64. The Kier molecular flexibility index (Phi) is 2.16. The minimum Gasteiger partial charge on any atom is -0.432 e. The molecule has 1 radical (unpaired) electrons. The Labute approximate surface area is 87.2 Å². The maximum atomic E-state index is 5.68. The smallest absolute Gasteiger partial charge is 0.284 e. The predicted octanol–water partition coefficient (Wildman–Crippen LogP) is 1.29. The first-order chi connectivity index (χ1) is 7.45. The molecule has 2 heterocycles. The summed E-state index contributed by atoms with van der Waals surface area (Å²) in [7, 11) is 0. The van der Waals surface area contributed by atoms with Crippen molar-refractivity contribution in [2.75, 3.05) is 19.7 Å².